The van der Waals surface area contributed by atoms with E-state index in [1.165, 1.54) is 11.3 Å². The number of aliphatic carboxylic acids is 1. The Morgan fingerprint density at radius 1 is 1.53 bits per heavy atom. The quantitative estimate of drug-likeness (QED) is 0.665. The second-order valence-corrected chi connectivity index (χ2v) is 6.67. The number of anilines is 2. The highest BCUT2D eigenvalue weighted by atomic mass is 127. The fraction of sp³-hybridized carbons (Fsp3) is 0.167. The van der Waals surface area contributed by atoms with E-state index < -0.39 is 5.97 Å². The van der Waals surface area contributed by atoms with E-state index in [0.29, 0.717) is 6.42 Å². The van der Waals surface area contributed by atoms with Gasteiger partial charge in [0.2, 0.25) is 0 Å². The summed E-state index contributed by atoms with van der Waals surface area (Å²) in [4.78, 5) is 14.9. The van der Waals surface area contributed by atoms with E-state index in [4.69, 9.17) is 5.11 Å². The van der Waals surface area contributed by atoms with Gasteiger partial charge in [0, 0.05) is 25.5 Å². The van der Waals surface area contributed by atoms with Crippen LogP contribution in [0.1, 0.15) is 12.1 Å². The van der Waals surface area contributed by atoms with Crippen molar-refractivity contribution in [3.8, 4) is 0 Å². The minimum atomic E-state index is -0.801. The Labute approximate surface area is 136 Å². The highest BCUT2D eigenvalue weighted by Gasteiger charge is 2.05. The maximum Gasteiger partial charge on any atom is 0.303 e. The monoisotopic (exact) mass is 452 g/mol. The van der Waals surface area contributed by atoms with Crippen molar-refractivity contribution in [3.05, 3.63) is 37.3 Å². The number of hydrogen-bond donors (Lipinski definition) is 2. The third-order valence-electron chi connectivity index (χ3n) is 2.32. The van der Waals surface area contributed by atoms with Crippen LogP contribution in [-0.2, 0) is 11.2 Å². The molecule has 100 valence electrons. The maximum atomic E-state index is 10.5. The largest absolute Gasteiger partial charge is 0.481 e. The molecule has 1 aromatic carbocycles. The van der Waals surface area contributed by atoms with Crippen LogP contribution in [0.15, 0.2) is 28.1 Å². The first-order valence-electron chi connectivity index (χ1n) is 5.43. The van der Waals surface area contributed by atoms with Crippen molar-refractivity contribution in [2.24, 2.45) is 0 Å². The molecule has 4 nitrogen and oxygen atoms in total. The molecule has 19 heavy (non-hydrogen) atoms. The number of benzene rings is 1. The summed E-state index contributed by atoms with van der Waals surface area (Å²) in [5.74, 6) is -0.801. The normalized spacial score (nSPS) is 10.4. The van der Waals surface area contributed by atoms with E-state index in [0.717, 1.165) is 24.6 Å². The molecule has 2 N–H and O–H groups in total. The van der Waals surface area contributed by atoms with Gasteiger partial charge in [0.25, 0.3) is 0 Å². The number of nitrogens with one attached hydrogen (secondary N) is 1. The molecule has 0 aliphatic rings. The number of rotatable bonds is 5. The number of halogens is 2. The molecular weight excluding hydrogens is 443 g/mol. The van der Waals surface area contributed by atoms with Gasteiger partial charge in [-0.1, -0.05) is 0 Å². The zero-order valence-electron chi connectivity index (χ0n) is 9.69. The summed E-state index contributed by atoms with van der Waals surface area (Å²) in [6, 6.07) is 5.95. The fourth-order valence-corrected chi connectivity index (χ4v) is 2.94. The lowest BCUT2D eigenvalue weighted by Crippen LogP contribution is -1.98. The molecule has 2 aromatic rings. The Balaban J connectivity index is 2.02. The summed E-state index contributed by atoms with van der Waals surface area (Å²) in [7, 11) is 0. The molecule has 0 spiro atoms. The van der Waals surface area contributed by atoms with Gasteiger partial charge < -0.3 is 10.4 Å². The van der Waals surface area contributed by atoms with Crippen LogP contribution in [0.5, 0.6) is 0 Å². The minimum absolute atomic E-state index is 0.110. The summed E-state index contributed by atoms with van der Waals surface area (Å²) in [6.45, 7) is 0. The van der Waals surface area contributed by atoms with Gasteiger partial charge in [-0.25, -0.2) is 4.98 Å². The number of aryl methyl sites for hydroxylation is 1. The highest BCUT2D eigenvalue weighted by Crippen LogP contribution is 2.26. The van der Waals surface area contributed by atoms with Gasteiger partial charge in [-0.2, -0.15) is 0 Å². The van der Waals surface area contributed by atoms with Crippen LogP contribution < -0.4 is 5.32 Å². The van der Waals surface area contributed by atoms with Crippen molar-refractivity contribution in [1.29, 1.82) is 0 Å². The summed E-state index contributed by atoms with van der Waals surface area (Å²) in [6.07, 6.45) is 0.574. The number of aromatic nitrogens is 1. The molecule has 0 radical (unpaired) electrons. The smallest absolute Gasteiger partial charge is 0.303 e. The summed E-state index contributed by atoms with van der Waals surface area (Å²) >= 11 is 7.18. The first-order valence-corrected chi connectivity index (χ1v) is 8.18. The molecule has 2 rings (SSSR count). The number of nitrogens with zero attached hydrogens (tertiary/aromatic N) is 1. The molecule has 0 fully saturated rings. The first-order chi connectivity index (χ1) is 9.04. The topological polar surface area (TPSA) is 62.2 Å². The lowest BCUT2D eigenvalue weighted by Gasteiger charge is -2.04. The van der Waals surface area contributed by atoms with Crippen LogP contribution in [0.3, 0.4) is 0 Å². The van der Waals surface area contributed by atoms with Gasteiger partial charge in [-0.05, 0) is 56.7 Å². The SMILES string of the molecule is O=C(O)CCc1csc(Nc2ccc(Br)c(I)c2)n1. The lowest BCUT2D eigenvalue weighted by molar-refractivity contribution is -0.136. The first kappa shape index (κ1) is 14.7. The Morgan fingerprint density at radius 2 is 2.32 bits per heavy atom. The van der Waals surface area contributed by atoms with Crippen LogP contribution in [0.25, 0.3) is 0 Å². The van der Waals surface area contributed by atoms with Crippen molar-refractivity contribution in [2.75, 3.05) is 5.32 Å². The summed E-state index contributed by atoms with van der Waals surface area (Å²) < 4.78 is 2.17. The molecule has 7 heteroatoms. The Hall–Kier alpha value is -0.670. The highest BCUT2D eigenvalue weighted by molar-refractivity contribution is 14.1. The van der Waals surface area contributed by atoms with E-state index in [-0.39, 0.29) is 6.42 Å². The van der Waals surface area contributed by atoms with Crippen LogP contribution in [0, 0.1) is 3.57 Å². The third-order valence-corrected chi connectivity index (χ3v) is 5.45. The second-order valence-electron chi connectivity index (χ2n) is 3.79. The van der Waals surface area contributed by atoms with E-state index in [1.54, 1.807) is 0 Å². The van der Waals surface area contributed by atoms with Crippen LogP contribution >= 0.6 is 49.9 Å². The average Bonchev–Trinajstić information content (AvgIpc) is 2.79. The van der Waals surface area contributed by atoms with E-state index in [2.05, 4.69) is 48.8 Å². The Morgan fingerprint density at radius 3 is 3.00 bits per heavy atom. The molecule has 0 unspecified atom stereocenters. The number of carboxylic acids is 1. The molecule has 1 heterocycles. The zero-order chi connectivity index (χ0) is 13.8. The van der Waals surface area contributed by atoms with E-state index in [1.807, 2.05) is 23.6 Å². The molecule has 0 atom stereocenters. The molecule has 0 saturated heterocycles. The summed E-state index contributed by atoms with van der Waals surface area (Å²) in [5.41, 5.74) is 1.77. The molecule has 0 aliphatic heterocycles. The van der Waals surface area contributed by atoms with Crippen molar-refractivity contribution >= 4 is 66.6 Å². The second kappa shape index (κ2) is 6.67. The van der Waals surface area contributed by atoms with Crippen molar-refractivity contribution in [2.45, 2.75) is 12.8 Å². The van der Waals surface area contributed by atoms with Crippen LogP contribution in [0.2, 0.25) is 0 Å². The predicted octanol–water partition coefficient (Wildman–Crippen LogP) is 4.27. The number of thiazole rings is 1. The van der Waals surface area contributed by atoms with Gasteiger partial charge in [0.1, 0.15) is 0 Å². The molecule has 0 aliphatic carbocycles. The number of carboxylic acid groups (broad SMARTS) is 1. The number of hydrogen-bond acceptors (Lipinski definition) is 4. The van der Waals surface area contributed by atoms with E-state index in [9.17, 15) is 4.79 Å². The van der Waals surface area contributed by atoms with Crippen molar-refractivity contribution in [3.63, 3.8) is 0 Å². The van der Waals surface area contributed by atoms with Gasteiger partial charge in [-0.3, -0.25) is 4.79 Å². The predicted molar refractivity (Wildman–Crippen MR) is 88.2 cm³/mol. The molecule has 0 amide bonds. The van der Waals surface area contributed by atoms with Crippen molar-refractivity contribution < 1.29 is 9.90 Å². The standard InChI is InChI=1S/C12H10BrIN2O2S/c13-9-3-1-7(5-10(9)14)15-12-16-8(6-19-12)2-4-11(17)18/h1,3,5-6H,2,4H2,(H,15,16)(H,17,18). The zero-order valence-corrected chi connectivity index (χ0v) is 14.3. The van der Waals surface area contributed by atoms with Crippen molar-refractivity contribution in [1.82, 2.24) is 4.98 Å². The lowest BCUT2D eigenvalue weighted by atomic mass is 10.2. The number of carbonyl (C=O) groups is 1. The van der Waals surface area contributed by atoms with Gasteiger partial charge >= 0.3 is 5.97 Å². The van der Waals surface area contributed by atoms with Gasteiger partial charge in [0.05, 0.1) is 12.1 Å². The van der Waals surface area contributed by atoms with E-state index >= 15 is 0 Å². The van der Waals surface area contributed by atoms with Crippen LogP contribution in [0.4, 0.5) is 10.8 Å². The third kappa shape index (κ3) is 4.43. The molecular formula is C12H10BrIN2O2S. The molecule has 0 bridgehead atoms. The fourth-order valence-electron chi connectivity index (χ4n) is 1.41. The minimum Gasteiger partial charge on any atom is -0.481 e. The van der Waals surface area contributed by atoms with Gasteiger partial charge in [0.15, 0.2) is 5.13 Å². The molecule has 0 saturated carbocycles. The summed E-state index contributed by atoms with van der Waals surface area (Å²) in [5, 5.41) is 14.5. The Kier molecular flexibility index (Phi) is 5.17. The van der Waals surface area contributed by atoms with Gasteiger partial charge in [-0.15, -0.1) is 11.3 Å². The molecule has 1 aromatic heterocycles. The maximum absolute atomic E-state index is 10.5. The Bertz CT molecular complexity index is 603. The van der Waals surface area contributed by atoms with Crippen LogP contribution in [-0.4, -0.2) is 16.1 Å². The average molecular weight is 453 g/mol.